The molecule has 0 N–H and O–H groups in total. The first kappa shape index (κ1) is 20.3. The Morgan fingerprint density at radius 1 is 1.17 bits per heavy atom. The highest BCUT2D eigenvalue weighted by atomic mass is 35.5. The summed E-state index contributed by atoms with van der Waals surface area (Å²) in [6, 6.07) is 9.63. The fraction of sp³-hybridized carbons (Fsp3) is 0.158. The fourth-order valence-electron chi connectivity index (χ4n) is 2.81. The third-order valence-corrected chi connectivity index (χ3v) is 5.69. The fourth-order valence-corrected chi connectivity index (χ4v) is 4.10. The van der Waals surface area contributed by atoms with E-state index in [2.05, 4.69) is 15.1 Å². The summed E-state index contributed by atoms with van der Waals surface area (Å²) in [7, 11) is 1.75. The van der Waals surface area contributed by atoms with Gasteiger partial charge in [-0.25, -0.2) is 9.97 Å². The molecular weight excluding hydrogens is 439 g/mol. The Bertz CT molecular complexity index is 1240. The number of hydrogen-bond donors (Lipinski definition) is 0. The van der Waals surface area contributed by atoms with Gasteiger partial charge in [0.15, 0.2) is 5.82 Å². The first-order valence-electron chi connectivity index (χ1n) is 8.61. The quantitative estimate of drug-likeness (QED) is 0.455. The van der Waals surface area contributed by atoms with E-state index >= 15 is 0 Å². The first-order chi connectivity index (χ1) is 14.2. The van der Waals surface area contributed by atoms with Gasteiger partial charge in [0.05, 0.1) is 34.2 Å². The van der Waals surface area contributed by atoms with Crippen LogP contribution in [-0.2, 0) is 12.7 Å². The molecule has 30 heavy (non-hydrogen) atoms. The van der Waals surface area contributed by atoms with Crippen molar-refractivity contribution in [3.63, 3.8) is 0 Å². The lowest BCUT2D eigenvalue weighted by atomic mass is 10.3. The maximum absolute atomic E-state index is 12.7. The van der Waals surface area contributed by atoms with E-state index in [-0.39, 0.29) is 10.8 Å². The molecule has 0 saturated carbocycles. The minimum absolute atomic E-state index is 0.0599. The van der Waals surface area contributed by atoms with Gasteiger partial charge in [0.25, 0.3) is 5.56 Å². The number of pyridine rings is 1. The van der Waals surface area contributed by atoms with Gasteiger partial charge in [-0.15, -0.1) is 11.3 Å². The van der Waals surface area contributed by atoms with Gasteiger partial charge < -0.3 is 4.90 Å². The molecule has 0 amide bonds. The Morgan fingerprint density at radius 3 is 2.60 bits per heavy atom. The lowest BCUT2D eigenvalue weighted by Gasteiger charge is -2.19. The van der Waals surface area contributed by atoms with Crippen LogP contribution in [0.15, 0.2) is 53.6 Å². The van der Waals surface area contributed by atoms with Crippen LogP contribution in [0.1, 0.15) is 10.6 Å². The van der Waals surface area contributed by atoms with Crippen molar-refractivity contribution in [2.45, 2.75) is 12.7 Å². The average Bonchev–Trinajstić information content (AvgIpc) is 3.11. The molecule has 0 aliphatic heterocycles. The molecule has 4 rings (SSSR count). The van der Waals surface area contributed by atoms with Gasteiger partial charge in [0.2, 0.25) is 0 Å². The Morgan fingerprint density at radius 2 is 1.93 bits per heavy atom. The van der Waals surface area contributed by atoms with Crippen molar-refractivity contribution < 1.29 is 13.2 Å². The number of benzene rings is 1. The molecule has 0 saturated heterocycles. The minimum Gasteiger partial charge on any atom is -0.365 e. The van der Waals surface area contributed by atoms with E-state index in [1.54, 1.807) is 11.9 Å². The Kier molecular flexibility index (Phi) is 5.20. The molecule has 6 nitrogen and oxygen atoms in total. The van der Waals surface area contributed by atoms with Gasteiger partial charge in [-0.05, 0) is 24.3 Å². The molecule has 0 radical (unpaired) electrons. The van der Waals surface area contributed by atoms with Gasteiger partial charge in [-0.1, -0.05) is 23.7 Å². The predicted molar refractivity (Wildman–Crippen MR) is 109 cm³/mol. The Hall–Kier alpha value is -2.98. The third-order valence-electron chi connectivity index (χ3n) is 4.31. The van der Waals surface area contributed by atoms with E-state index < -0.39 is 17.3 Å². The van der Waals surface area contributed by atoms with E-state index in [1.807, 2.05) is 24.3 Å². The van der Waals surface area contributed by atoms with Crippen LogP contribution in [0.25, 0.3) is 16.0 Å². The number of alkyl halides is 3. The van der Waals surface area contributed by atoms with Crippen molar-refractivity contribution in [3.8, 4) is 5.82 Å². The zero-order valence-corrected chi connectivity index (χ0v) is 17.0. The molecule has 154 valence electrons. The molecule has 1 aromatic carbocycles. The van der Waals surface area contributed by atoms with Crippen molar-refractivity contribution in [2.24, 2.45) is 0 Å². The van der Waals surface area contributed by atoms with Crippen LogP contribution in [0, 0.1) is 0 Å². The van der Waals surface area contributed by atoms with Crippen molar-refractivity contribution in [1.82, 2.24) is 19.7 Å². The van der Waals surface area contributed by atoms with E-state index in [0.717, 1.165) is 32.0 Å². The maximum atomic E-state index is 12.7. The summed E-state index contributed by atoms with van der Waals surface area (Å²) < 4.78 is 40.0. The second kappa shape index (κ2) is 7.69. The van der Waals surface area contributed by atoms with Crippen molar-refractivity contribution in [3.05, 3.63) is 74.7 Å². The van der Waals surface area contributed by atoms with E-state index in [9.17, 15) is 18.0 Å². The molecule has 0 atom stereocenters. The smallest absolute Gasteiger partial charge is 0.365 e. The van der Waals surface area contributed by atoms with Crippen LogP contribution in [0.2, 0.25) is 5.02 Å². The first-order valence-corrected chi connectivity index (χ1v) is 9.80. The SMILES string of the molecule is CN(Cc1nc2ccccc2s1)c1cnn(-c2ccc(C(F)(F)F)cn2)c(=O)c1Cl. The number of anilines is 1. The highest BCUT2D eigenvalue weighted by Crippen LogP contribution is 2.29. The zero-order valence-electron chi connectivity index (χ0n) is 15.4. The largest absolute Gasteiger partial charge is 0.417 e. The summed E-state index contributed by atoms with van der Waals surface area (Å²) >= 11 is 7.78. The molecule has 3 aromatic heterocycles. The monoisotopic (exact) mass is 451 g/mol. The lowest BCUT2D eigenvalue weighted by molar-refractivity contribution is -0.137. The zero-order chi connectivity index (χ0) is 21.5. The molecule has 3 heterocycles. The lowest BCUT2D eigenvalue weighted by Crippen LogP contribution is -2.26. The number of nitrogens with zero attached hydrogens (tertiary/aromatic N) is 5. The van der Waals surface area contributed by atoms with E-state index in [1.165, 1.54) is 17.5 Å². The maximum Gasteiger partial charge on any atom is 0.417 e. The number of rotatable bonds is 4. The van der Waals surface area contributed by atoms with Crippen LogP contribution in [0.5, 0.6) is 0 Å². The molecule has 0 aliphatic carbocycles. The normalized spacial score (nSPS) is 11.8. The van der Waals surface area contributed by atoms with E-state index in [4.69, 9.17) is 11.6 Å². The topological polar surface area (TPSA) is 63.9 Å². The number of hydrogen-bond acceptors (Lipinski definition) is 6. The van der Waals surface area contributed by atoms with Crippen molar-refractivity contribution in [2.75, 3.05) is 11.9 Å². The van der Waals surface area contributed by atoms with Crippen LogP contribution < -0.4 is 10.5 Å². The standard InChI is InChI=1S/C19H13ClF3N5OS/c1-27(10-16-26-12-4-2-3-5-14(12)30-16)13-9-25-28(18(29)17(13)20)15-7-6-11(8-24-15)19(21,22)23/h2-9H,10H2,1H3. The molecule has 0 fully saturated rings. The van der Waals surface area contributed by atoms with Crippen LogP contribution in [0.4, 0.5) is 18.9 Å². The van der Waals surface area contributed by atoms with Gasteiger partial charge in [-0.3, -0.25) is 4.79 Å². The summed E-state index contributed by atoms with van der Waals surface area (Å²) in [4.78, 5) is 22.6. The van der Waals surface area contributed by atoms with Gasteiger partial charge in [-0.2, -0.15) is 23.0 Å². The minimum atomic E-state index is -4.52. The Balaban J connectivity index is 1.61. The van der Waals surface area contributed by atoms with E-state index in [0.29, 0.717) is 18.4 Å². The number of halogens is 4. The van der Waals surface area contributed by atoms with Gasteiger partial charge in [0, 0.05) is 13.2 Å². The molecule has 0 unspecified atom stereocenters. The Labute approximate surface area is 177 Å². The summed E-state index contributed by atoms with van der Waals surface area (Å²) in [6.45, 7) is 0.405. The molecule has 0 bridgehead atoms. The van der Waals surface area contributed by atoms with Crippen LogP contribution in [-0.4, -0.2) is 26.8 Å². The van der Waals surface area contributed by atoms with Crippen molar-refractivity contribution >= 4 is 38.8 Å². The molecular formula is C19H13ClF3N5OS. The molecule has 0 spiro atoms. The van der Waals surface area contributed by atoms with Gasteiger partial charge in [0.1, 0.15) is 10.0 Å². The summed E-state index contributed by atoms with van der Waals surface area (Å²) in [5.74, 6) is -0.0599. The number of thiazole rings is 1. The predicted octanol–water partition coefficient (Wildman–Crippen LogP) is 4.55. The summed E-state index contributed by atoms with van der Waals surface area (Å²) in [5, 5.41) is 4.74. The molecule has 4 aromatic rings. The molecule has 0 aliphatic rings. The number of fused-ring (bicyclic) bond motifs is 1. The van der Waals surface area contributed by atoms with Crippen LogP contribution >= 0.6 is 22.9 Å². The van der Waals surface area contributed by atoms with Crippen molar-refractivity contribution in [1.29, 1.82) is 0 Å². The highest BCUT2D eigenvalue weighted by molar-refractivity contribution is 7.18. The average molecular weight is 452 g/mol. The summed E-state index contributed by atoms with van der Waals surface area (Å²) in [5.41, 5.74) is -0.335. The second-order valence-electron chi connectivity index (χ2n) is 6.39. The van der Waals surface area contributed by atoms with Crippen LogP contribution in [0.3, 0.4) is 0 Å². The number of aromatic nitrogens is 4. The van der Waals surface area contributed by atoms with Gasteiger partial charge >= 0.3 is 6.18 Å². The summed E-state index contributed by atoms with van der Waals surface area (Å²) in [6.07, 6.45) is -2.50. The molecule has 11 heteroatoms. The third kappa shape index (κ3) is 3.88. The second-order valence-corrected chi connectivity index (χ2v) is 7.89. The highest BCUT2D eigenvalue weighted by Gasteiger charge is 2.30. The number of para-hydroxylation sites is 1.